The Morgan fingerprint density at radius 2 is 1.86 bits per heavy atom. The van der Waals surface area contributed by atoms with Crippen LogP contribution in [0.2, 0.25) is 0 Å². The van der Waals surface area contributed by atoms with Crippen LogP contribution in [-0.4, -0.2) is 77.2 Å². The summed E-state index contributed by atoms with van der Waals surface area (Å²) in [6.07, 6.45) is -9.42. The highest BCUT2D eigenvalue weighted by Crippen LogP contribution is 2.35. The molecule has 0 unspecified atom stereocenters. The van der Waals surface area contributed by atoms with E-state index in [-0.39, 0.29) is 5.75 Å². The van der Waals surface area contributed by atoms with E-state index in [1.54, 1.807) is 0 Å². The molecular formula is C16H19NO11. The molecular weight excluding hydrogens is 382 g/mol. The van der Waals surface area contributed by atoms with Gasteiger partial charge in [0.2, 0.25) is 6.29 Å². The summed E-state index contributed by atoms with van der Waals surface area (Å²) in [6.45, 7) is 0.710. The molecule has 0 saturated carbocycles. The van der Waals surface area contributed by atoms with E-state index < -0.39 is 53.6 Å². The van der Waals surface area contributed by atoms with Gasteiger partial charge in [-0.15, -0.1) is 0 Å². The number of esters is 1. The van der Waals surface area contributed by atoms with Gasteiger partial charge in [0.25, 0.3) is 0 Å². The lowest BCUT2D eigenvalue weighted by Crippen LogP contribution is -2.61. The highest BCUT2D eigenvalue weighted by molar-refractivity contribution is 5.75. The van der Waals surface area contributed by atoms with Gasteiger partial charge in [-0.25, -0.2) is 4.79 Å². The predicted molar refractivity (Wildman–Crippen MR) is 87.1 cm³/mol. The fourth-order valence-electron chi connectivity index (χ4n) is 2.86. The summed E-state index contributed by atoms with van der Waals surface area (Å²) >= 11 is 0. The van der Waals surface area contributed by atoms with Gasteiger partial charge in [-0.3, -0.25) is 10.1 Å². The zero-order chi connectivity index (χ0) is 20.4. The summed E-state index contributed by atoms with van der Waals surface area (Å²) in [5, 5.41) is 41.3. The number of benzene rings is 1. The van der Waals surface area contributed by atoms with E-state index in [1.165, 1.54) is 18.2 Å². The topological polar surface area (TPSA) is 167 Å². The van der Waals surface area contributed by atoms with Gasteiger partial charge in [-0.2, -0.15) is 0 Å². The van der Waals surface area contributed by atoms with Gasteiger partial charge in [0.15, 0.2) is 18.1 Å². The number of nitrogens with zero attached hydrogens (tertiary/aromatic N) is 1. The summed E-state index contributed by atoms with van der Waals surface area (Å²) in [7, 11) is 1.04. The molecule has 0 amide bonds. The molecule has 0 bridgehead atoms. The summed E-state index contributed by atoms with van der Waals surface area (Å²) in [6, 6.07) is 3.90. The van der Waals surface area contributed by atoms with Crippen molar-refractivity contribution in [3.63, 3.8) is 0 Å². The molecule has 2 aliphatic heterocycles. The molecule has 2 fully saturated rings. The second-order valence-corrected chi connectivity index (χ2v) is 6.10. The lowest BCUT2D eigenvalue weighted by atomic mass is 9.99. The molecule has 0 spiro atoms. The number of hydrogen-bond acceptors (Lipinski definition) is 11. The maximum absolute atomic E-state index is 11.7. The fourth-order valence-corrected chi connectivity index (χ4v) is 2.86. The van der Waals surface area contributed by atoms with E-state index in [0.717, 1.165) is 7.11 Å². The van der Waals surface area contributed by atoms with Crippen molar-refractivity contribution in [3.05, 3.63) is 33.9 Å². The zero-order valence-electron chi connectivity index (χ0n) is 14.7. The van der Waals surface area contributed by atoms with Gasteiger partial charge in [0.1, 0.15) is 18.3 Å². The normalized spacial score (nSPS) is 30.8. The van der Waals surface area contributed by atoms with E-state index in [1.807, 2.05) is 0 Å². The fraction of sp³-hybridized carbons (Fsp3) is 0.562. The summed E-state index contributed by atoms with van der Waals surface area (Å²) in [5.74, 6) is -1.30. The van der Waals surface area contributed by atoms with Gasteiger partial charge < -0.3 is 39.0 Å². The van der Waals surface area contributed by atoms with E-state index in [2.05, 4.69) is 4.74 Å². The molecule has 0 aliphatic carbocycles. The Balaban J connectivity index is 1.84. The lowest BCUT2D eigenvalue weighted by Gasteiger charge is -2.38. The minimum atomic E-state index is -1.80. The Bertz CT molecular complexity index is 735. The van der Waals surface area contributed by atoms with Gasteiger partial charge >= 0.3 is 11.7 Å². The molecule has 12 nitrogen and oxygen atoms in total. The predicted octanol–water partition coefficient (Wildman–Crippen LogP) is -1.00. The molecule has 28 heavy (non-hydrogen) atoms. The SMILES string of the molecule is COC(=O)[C@H]1O[C@@H](Oc2ccc(C3OCCO3)cc2[N+](=O)[O-])[C@H](O)[C@@H](O)[C@@H]1O. The molecule has 2 aliphatic rings. The van der Waals surface area contributed by atoms with Crippen molar-refractivity contribution in [2.24, 2.45) is 0 Å². The summed E-state index contributed by atoms with van der Waals surface area (Å²) < 4.78 is 25.6. The molecule has 3 rings (SSSR count). The van der Waals surface area contributed by atoms with E-state index in [9.17, 15) is 30.2 Å². The van der Waals surface area contributed by atoms with Crippen LogP contribution in [0.25, 0.3) is 0 Å². The Kier molecular flexibility index (Phi) is 6.07. The first-order chi connectivity index (χ1) is 13.3. The average molecular weight is 401 g/mol. The first-order valence-electron chi connectivity index (χ1n) is 8.29. The molecule has 0 radical (unpaired) electrons. The van der Waals surface area contributed by atoms with E-state index in [4.69, 9.17) is 18.9 Å². The monoisotopic (exact) mass is 401 g/mol. The molecule has 2 saturated heterocycles. The second kappa shape index (κ2) is 8.34. The van der Waals surface area contributed by atoms with E-state index >= 15 is 0 Å². The Hall–Kier alpha value is -2.35. The van der Waals surface area contributed by atoms with Crippen LogP contribution in [0, 0.1) is 10.1 Å². The van der Waals surface area contributed by atoms with Crippen molar-refractivity contribution in [1.82, 2.24) is 0 Å². The third-order valence-corrected chi connectivity index (χ3v) is 4.32. The van der Waals surface area contributed by atoms with Crippen molar-refractivity contribution >= 4 is 11.7 Å². The number of rotatable bonds is 5. The maximum Gasteiger partial charge on any atom is 0.337 e. The van der Waals surface area contributed by atoms with Crippen molar-refractivity contribution in [2.45, 2.75) is 37.0 Å². The molecule has 1 aromatic rings. The summed E-state index contributed by atoms with van der Waals surface area (Å²) in [4.78, 5) is 22.4. The minimum absolute atomic E-state index is 0.289. The van der Waals surface area contributed by atoms with Crippen molar-refractivity contribution < 1.29 is 48.7 Å². The van der Waals surface area contributed by atoms with Crippen LogP contribution in [0.15, 0.2) is 18.2 Å². The van der Waals surface area contributed by atoms with Crippen LogP contribution in [0.3, 0.4) is 0 Å². The van der Waals surface area contributed by atoms with Crippen LogP contribution >= 0.6 is 0 Å². The molecule has 0 aromatic heterocycles. The zero-order valence-corrected chi connectivity index (χ0v) is 14.7. The van der Waals surface area contributed by atoms with Gasteiger partial charge in [-0.05, 0) is 12.1 Å². The number of aliphatic hydroxyl groups is 3. The molecule has 3 N–H and O–H groups in total. The smallest absolute Gasteiger partial charge is 0.337 e. The number of carbonyl (C=O) groups excluding carboxylic acids is 1. The minimum Gasteiger partial charge on any atom is -0.467 e. The number of ether oxygens (including phenoxy) is 5. The summed E-state index contributed by atoms with van der Waals surface area (Å²) in [5.41, 5.74) is -0.0767. The highest BCUT2D eigenvalue weighted by atomic mass is 16.7. The third-order valence-electron chi connectivity index (χ3n) is 4.32. The molecule has 154 valence electrons. The van der Waals surface area contributed by atoms with Gasteiger partial charge in [-0.1, -0.05) is 0 Å². The van der Waals surface area contributed by atoms with E-state index in [0.29, 0.717) is 18.8 Å². The third kappa shape index (κ3) is 3.92. The van der Waals surface area contributed by atoms with Crippen LogP contribution in [0.5, 0.6) is 5.75 Å². The van der Waals surface area contributed by atoms with Crippen LogP contribution in [0.4, 0.5) is 5.69 Å². The Labute approximate surface area is 158 Å². The van der Waals surface area contributed by atoms with Crippen molar-refractivity contribution in [1.29, 1.82) is 0 Å². The van der Waals surface area contributed by atoms with Crippen molar-refractivity contribution in [2.75, 3.05) is 20.3 Å². The number of aliphatic hydroxyl groups excluding tert-OH is 3. The van der Waals surface area contributed by atoms with Crippen molar-refractivity contribution in [3.8, 4) is 5.75 Å². The Morgan fingerprint density at radius 1 is 1.18 bits per heavy atom. The number of nitro groups is 1. The number of hydrogen-bond donors (Lipinski definition) is 3. The number of nitro benzene ring substituents is 1. The molecule has 12 heteroatoms. The van der Waals surface area contributed by atoms with Gasteiger partial charge in [0.05, 0.1) is 25.2 Å². The standard InChI is InChI=1S/C16H19NO11/c1-24-14(21)13-11(19)10(18)12(20)16(28-13)27-9-3-2-7(6-8(9)17(22)23)15-25-4-5-26-15/h2-3,6,10-13,15-16,18-20H,4-5H2,1H3/t10-,11-,12+,13-,16+/m0/s1. The first-order valence-corrected chi connectivity index (χ1v) is 8.29. The van der Waals surface area contributed by atoms with Crippen LogP contribution in [-0.2, 0) is 23.7 Å². The maximum atomic E-state index is 11.7. The van der Waals surface area contributed by atoms with Gasteiger partial charge in [0, 0.05) is 11.6 Å². The Morgan fingerprint density at radius 3 is 2.46 bits per heavy atom. The lowest BCUT2D eigenvalue weighted by molar-refractivity contribution is -0.387. The average Bonchev–Trinajstić information content (AvgIpc) is 3.22. The molecule has 1 aromatic carbocycles. The number of methoxy groups -OCH3 is 1. The molecule has 5 atom stereocenters. The molecule has 2 heterocycles. The van der Waals surface area contributed by atoms with Crippen LogP contribution in [0.1, 0.15) is 11.9 Å². The largest absolute Gasteiger partial charge is 0.467 e. The quantitative estimate of drug-likeness (QED) is 0.314. The van der Waals surface area contributed by atoms with Crippen LogP contribution < -0.4 is 4.74 Å². The highest BCUT2D eigenvalue weighted by Gasteiger charge is 2.49. The first kappa shape index (κ1) is 20.4. The number of carbonyl (C=O) groups is 1. The second-order valence-electron chi connectivity index (χ2n) is 6.10.